The van der Waals surface area contributed by atoms with Gasteiger partial charge in [0.2, 0.25) is 0 Å². The maximum atomic E-state index is 9.17. The molecule has 1 rings (SSSR count). The van der Waals surface area contributed by atoms with Crippen molar-refractivity contribution in [2.24, 2.45) is 11.3 Å². The molecular weight excluding hydrogens is 160 g/mol. The van der Waals surface area contributed by atoms with Crippen molar-refractivity contribution >= 4 is 0 Å². The Morgan fingerprint density at radius 2 is 2.00 bits per heavy atom. The van der Waals surface area contributed by atoms with Gasteiger partial charge in [-0.05, 0) is 37.6 Å². The molecule has 0 amide bonds. The van der Waals surface area contributed by atoms with Crippen LogP contribution in [0.4, 0.5) is 0 Å². The fourth-order valence-corrected chi connectivity index (χ4v) is 2.48. The Labute approximate surface area is 81.3 Å². The number of hydrogen-bond acceptors (Lipinski definition) is 2. The molecule has 13 heavy (non-hydrogen) atoms. The summed E-state index contributed by atoms with van der Waals surface area (Å²) in [6.45, 7) is 6.77. The monoisotopic (exact) mass is 180 g/mol. The van der Waals surface area contributed by atoms with Crippen LogP contribution in [0.5, 0.6) is 0 Å². The third kappa shape index (κ3) is 1.86. The Hall–Kier alpha value is -0.550. The van der Waals surface area contributed by atoms with E-state index in [1.54, 1.807) is 0 Å². The van der Waals surface area contributed by atoms with Crippen molar-refractivity contribution in [3.63, 3.8) is 0 Å². The highest BCUT2D eigenvalue weighted by atomic mass is 15.0. The molecule has 0 aromatic heterocycles. The smallest absolute Gasteiger partial charge is 0.109 e. The lowest BCUT2D eigenvalue weighted by Gasteiger charge is -2.44. The molecule has 0 spiro atoms. The van der Waals surface area contributed by atoms with E-state index in [2.05, 4.69) is 32.2 Å². The average molecular weight is 180 g/mol. The Kier molecular flexibility index (Phi) is 2.68. The summed E-state index contributed by atoms with van der Waals surface area (Å²) in [5.74, 6) is 0.450. The summed E-state index contributed by atoms with van der Waals surface area (Å²) in [7, 11) is 1.90. The van der Waals surface area contributed by atoms with E-state index in [0.717, 1.165) is 19.3 Å². The lowest BCUT2D eigenvalue weighted by Crippen LogP contribution is -2.52. The first kappa shape index (κ1) is 10.5. The van der Waals surface area contributed by atoms with Crippen LogP contribution < -0.4 is 5.32 Å². The molecule has 1 aliphatic rings. The lowest BCUT2D eigenvalue weighted by atomic mass is 9.64. The molecule has 0 heterocycles. The van der Waals surface area contributed by atoms with Crippen molar-refractivity contribution in [3.8, 4) is 6.07 Å². The molecule has 0 aliphatic heterocycles. The second-order valence-electron chi connectivity index (χ2n) is 5.10. The first-order valence-corrected chi connectivity index (χ1v) is 5.06. The minimum Gasteiger partial charge on any atom is -0.302 e. The highest BCUT2D eigenvalue weighted by molar-refractivity contribution is 5.12. The van der Waals surface area contributed by atoms with E-state index >= 15 is 0 Å². The molecule has 2 unspecified atom stereocenters. The largest absolute Gasteiger partial charge is 0.302 e. The van der Waals surface area contributed by atoms with Crippen molar-refractivity contribution in [1.82, 2.24) is 5.32 Å². The molecule has 74 valence electrons. The predicted molar refractivity (Wildman–Crippen MR) is 54.2 cm³/mol. The van der Waals surface area contributed by atoms with Gasteiger partial charge >= 0.3 is 0 Å². The van der Waals surface area contributed by atoms with Gasteiger partial charge in [0.15, 0.2) is 0 Å². The van der Waals surface area contributed by atoms with Crippen LogP contribution in [0.2, 0.25) is 0 Å². The Bertz CT molecular complexity index is 227. The van der Waals surface area contributed by atoms with E-state index in [1.165, 1.54) is 0 Å². The molecule has 1 fully saturated rings. The zero-order chi connectivity index (χ0) is 10.1. The normalized spacial score (nSPS) is 38.2. The molecule has 0 saturated heterocycles. The van der Waals surface area contributed by atoms with Gasteiger partial charge in [0.25, 0.3) is 0 Å². The summed E-state index contributed by atoms with van der Waals surface area (Å²) in [4.78, 5) is 0. The third-order valence-electron chi connectivity index (χ3n) is 3.54. The summed E-state index contributed by atoms with van der Waals surface area (Å²) in [6.07, 6.45) is 3.27. The second kappa shape index (κ2) is 3.31. The minimum atomic E-state index is -0.268. The number of nitrogens with zero attached hydrogens (tertiary/aromatic N) is 1. The maximum absolute atomic E-state index is 9.17. The SMILES string of the molecule is CNC1(C#N)CCC(C)(C)CC1C. The topological polar surface area (TPSA) is 35.8 Å². The molecule has 0 aromatic carbocycles. The van der Waals surface area contributed by atoms with Crippen LogP contribution in [0.1, 0.15) is 40.0 Å². The van der Waals surface area contributed by atoms with Crippen LogP contribution in [-0.2, 0) is 0 Å². The maximum Gasteiger partial charge on any atom is 0.109 e. The quantitative estimate of drug-likeness (QED) is 0.672. The van der Waals surface area contributed by atoms with Crippen molar-refractivity contribution in [3.05, 3.63) is 0 Å². The van der Waals surface area contributed by atoms with E-state index in [9.17, 15) is 0 Å². The summed E-state index contributed by atoms with van der Waals surface area (Å²) in [5, 5.41) is 12.4. The minimum absolute atomic E-state index is 0.268. The van der Waals surface area contributed by atoms with Gasteiger partial charge < -0.3 is 5.32 Å². The van der Waals surface area contributed by atoms with Crippen LogP contribution >= 0.6 is 0 Å². The Morgan fingerprint density at radius 1 is 1.38 bits per heavy atom. The lowest BCUT2D eigenvalue weighted by molar-refractivity contribution is 0.115. The van der Waals surface area contributed by atoms with Gasteiger partial charge in [-0.3, -0.25) is 0 Å². The number of rotatable bonds is 1. The number of nitrogens with one attached hydrogen (secondary N) is 1. The molecule has 2 atom stereocenters. The molecule has 1 aliphatic carbocycles. The van der Waals surface area contributed by atoms with Crippen molar-refractivity contribution < 1.29 is 0 Å². The first-order chi connectivity index (χ1) is 5.96. The average Bonchev–Trinajstić information content (AvgIpc) is 2.05. The number of nitriles is 1. The van der Waals surface area contributed by atoms with Gasteiger partial charge in [-0.2, -0.15) is 5.26 Å². The molecular formula is C11H20N2. The third-order valence-corrected chi connectivity index (χ3v) is 3.54. The fourth-order valence-electron chi connectivity index (χ4n) is 2.48. The summed E-state index contributed by atoms with van der Waals surface area (Å²) < 4.78 is 0. The summed E-state index contributed by atoms with van der Waals surface area (Å²) in [5.41, 5.74) is 0.145. The summed E-state index contributed by atoms with van der Waals surface area (Å²) >= 11 is 0. The zero-order valence-electron chi connectivity index (χ0n) is 9.15. The first-order valence-electron chi connectivity index (χ1n) is 5.06. The molecule has 2 nitrogen and oxygen atoms in total. The van der Waals surface area contributed by atoms with Gasteiger partial charge in [0, 0.05) is 0 Å². The predicted octanol–water partition coefficient (Wildman–Crippen LogP) is 2.31. The van der Waals surface area contributed by atoms with Crippen molar-refractivity contribution in [1.29, 1.82) is 5.26 Å². The van der Waals surface area contributed by atoms with Gasteiger partial charge in [-0.1, -0.05) is 20.8 Å². The van der Waals surface area contributed by atoms with E-state index < -0.39 is 0 Å². The molecule has 1 saturated carbocycles. The fraction of sp³-hybridized carbons (Fsp3) is 0.909. The van der Waals surface area contributed by atoms with Gasteiger partial charge in [-0.15, -0.1) is 0 Å². The standard InChI is InChI=1S/C11H20N2/c1-9-7-10(2,3)5-6-11(9,8-12)13-4/h9,13H,5-7H2,1-4H3. The zero-order valence-corrected chi connectivity index (χ0v) is 9.15. The van der Waals surface area contributed by atoms with E-state index in [0.29, 0.717) is 11.3 Å². The van der Waals surface area contributed by atoms with Crippen LogP contribution in [0.3, 0.4) is 0 Å². The Morgan fingerprint density at radius 3 is 2.38 bits per heavy atom. The van der Waals surface area contributed by atoms with E-state index in [1.807, 2.05) is 7.05 Å². The molecule has 1 N–H and O–H groups in total. The Balaban J connectivity index is 2.79. The molecule has 0 bridgehead atoms. The van der Waals surface area contributed by atoms with Crippen LogP contribution in [0, 0.1) is 22.7 Å². The van der Waals surface area contributed by atoms with Crippen molar-refractivity contribution in [2.45, 2.75) is 45.6 Å². The van der Waals surface area contributed by atoms with Crippen LogP contribution in [0.15, 0.2) is 0 Å². The highest BCUT2D eigenvalue weighted by Gasteiger charge is 2.42. The van der Waals surface area contributed by atoms with Gasteiger partial charge in [0.05, 0.1) is 6.07 Å². The van der Waals surface area contributed by atoms with Gasteiger partial charge in [-0.25, -0.2) is 0 Å². The highest BCUT2D eigenvalue weighted by Crippen LogP contribution is 2.43. The molecule has 2 heteroatoms. The van der Waals surface area contributed by atoms with E-state index in [4.69, 9.17) is 5.26 Å². The van der Waals surface area contributed by atoms with Crippen LogP contribution in [-0.4, -0.2) is 12.6 Å². The second-order valence-corrected chi connectivity index (χ2v) is 5.10. The summed E-state index contributed by atoms with van der Waals surface area (Å²) in [6, 6.07) is 2.44. The molecule has 0 aromatic rings. The van der Waals surface area contributed by atoms with Gasteiger partial charge in [0.1, 0.15) is 5.54 Å². The molecule has 0 radical (unpaired) electrons. The van der Waals surface area contributed by atoms with E-state index in [-0.39, 0.29) is 5.54 Å². The number of hydrogen-bond donors (Lipinski definition) is 1. The van der Waals surface area contributed by atoms with Crippen LogP contribution in [0.25, 0.3) is 0 Å². The van der Waals surface area contributed by atoms with Crippen molar-refractivity contribution in [2.75, 3.05) is 7.05 Å².